The molecule has 0 aliphatic carbocycles. The minimum atomic E-state index is -3.12. The standard InChI is InChI=1S/C21H27Cl2N5O3S/c1-32(29,30)28-10-8-26(9-11-28)15-16-2-3-20(19(23)12-16)31-18-4-6-27(7-5-18)21-24-13-17(22)14-25-21/h2-3,12-14,18H,4-11,15H2,1H3. The Bertz CT molecular complexity index is 1020. The number of sulfonamides is 1. The van der Waals surface area contributed by atoms with Crippen LogP contribution in [0.3, 0.4) is 0 Å². The van der Waals surface area contributed by atoms with Crippen molar-refractivity contribution in [2.45, 2.75) is 25.5 Å². The normalized spacial score (nSPS) is 19.3. The number of aromatic nitrogens is 2. The van der Waals surface area contributed by atoms with Crippen LogP contribution >= 0.6 is 23.2 Å². The molecule has 1 aromatic carbocycles. The highest BCUT2D eigenvalue weighted by Crippen LogP contribution is 2.29. The summed E-state index contributed by atoms with van der Waals surface area (Å²) >= 11 is 12.4. The number of nitrogens with zero attached hydrogens (tertiary/aromatic N) is 5. The van der Waals surface area contributed by atoms with Crippen LogP contribution in [0.5, 0.6) is 5.75 Å². The fourth-order valence-corrected chi connectivity index (χ4v) is 5.21. The van der Waals surface area contributed by atoms with E-state index in [9.17, 15) is 8.42 Å². The SMILES string of the molecule is CS(=O)(=O)N1CCN(Cc2ccc(OC3CCN(c4ncc(Cl)cn4)CC3)c(Cl)c2)CC1. The molecule has 2 saturated heterocycles. The van der Waals surface area contributed by atoms with Crippen LogP contribution in [0.1, 0.15) is 18.4 Å². The Hall–Kier alpha value is -1.65. The van der Waals surface area contributed by atoms with Crippen molar-refractivity contribution >= 4 is 39.2 Å². The van der Waals surface area contributed by atoms with Gasteiger partial charge in [-0.2, -0.15) is 4.31 Å². The molecule has 8 nitrogen and oxygen atoms in total. The van der Waals surface area contributed by atoms with Gasteiger partial charge in [-0.1, -0.05) is 29.3 Å². The van der Waals surface area contributed by atoms with Gasteiger partial charge in [-0.25, -0.2) is 18.4 Å². The van der Waals surface area contributed by atoms with Crippen molar-refractivity contribution in [2.24, 2.45) is 0 Å². The fraction of sp³-hybridized carbons (Fsp3) is 0.524. The summed E-state index contributed by atoms with van der Waals surface area (Å²) in [6.45, 7) is 4.80. The molecule has 0 saturated carbocycles. The Labute approximate surface area is 199 Å². The number of piperazine rings is 1. The van der Waals surface area contributed by atoms with Gasteiger partial charge in [0.15, 0.2) is 0 Å². The van der Waals surface area contributed by atoms with Crippen LogP contribution in [0.4, 0.5) is 5.95 Å². The van der Waals surface area contributed by atoms with E-state index in [-0.39, 0.29) is 6.10 Å². The van der Waals surface area contributed by atoms with Crippen molar-refractivity contribution in [1.29, 1.82) is 0 Å². The lowest BCUT2D eigenvalue weighted by atomic mass is 10.1. The number of halogens is 2. The van der Waals surface area contributed by atoms with Crippen LogP contribution in [-0.2, 0) is 16.6 Å². The van der Waals surface area contributed by atoms with Gasteiger partial charge < -0.3 is 9.64 Å². The highest BCUT2D eigenvalue weighted by Gasteiger charge is 2.25. The van der Waals surface area contributed by atoms with Gasteiger partial charge in [-0.3, -0.25) is 4.90 Å². The number of hydrogen-bond acceptors (Lipinski definition) is 7. The van der Waals surface area contributed by atoms with Crippen molar-refractivity contribution < 1.29 is 13.2 Å². The summed E-state index contributed by atoms with van der Waals surface area (Å²) < 4.78 is 31.0. The van der Waals surface area contributed by atoms with Gasteiger partial charge in [0.2, 0.25) is 16.0 Å². The molecule has 32 heavy (non-hydrogen) atoms. The second-order valence-electron chi connectivity index (χ2n) is 8.21. The second kappa shape index (κ2) is 10.1. The van der Waals surface area contributed by atoms with Crippen LogP contribution in [0.25, 0.3) is 0 Å². The van der Waals surface area contributed by atoms with Gasteiger partial charge in [0.1, 0.15) is 11.9 Å². The Morgan fingerprint density at radius 1 is 1.03 bits per heavy atom. The molecule has 2 aromatic rings. The van der Waals surface area contributed by atoms with E-state index in [0.717, 1.165) is 38.0 Å². The molecule has 4 rings (SSSR count). The maximum absolute atomic E-state index is 11.7. The van der Waals surface area contributed by atoms with Crippen LogP contribution in [-0.4, -0.2) is 79.2 Å². The Balaban J connectivity index is 1.27. The first kappa shape index (κ1) is 23.5. The van der Waals surface area contributed by atoms with E-state index in [1.165, 1.54) is 10.6 Å². The molecule has 174 valence electrons. The first-order valence-corrected chi connectivity index (χ1v) is 13.2. The molecule has 0 N–H and O–H groups in total. The number of rotatable bonds is 6. The van der Waals surface area contributed by atoms with E-state index >= 15 is 0 Å². The molecule has 0 bridgehead atoms. The number of hydrogen-bond donors (Lipinski definition) is 0. The summed E-state index contributed by atoms with van der Waals surface area (Å²) in [7, 11) is -3.12. The molecule has 0 atom stereocenters. The summed E-state index contributed by atoms with van der Waals surface area (Å²) in [5, 5.41) is 1.13. The van der Waals surface area contributed by atoms with Gasteiger partial charge in [0.25, 0.3) is 0 Å². The quantitative estimate of drug-likeness (QED) is 0.604. The van der Waals surface area contributed by atoms with Crippen molar-refractivity contribution in [1.82, 2.24) is 19.2 Å². The average molecular weight is 500 g/mol. The van der Waals surface area contributed by atoms with Crippen LogP contribution in [0.15, 0.2) is 30.6 Å². The smallest absolute Gasteiger partial charge is 0.225 e. The predicted octanol–water partition coefficient (Wildman–Crippen LogP) is 2.91. The van der Waals surface area contributed by atoms with Crippen molar-refractivity contribution in [3.8, 4) is 5.75 Å². The maximum atomic E-state index is 11.7. The average Bonchev–Trinajstić information content (AvgIpc) is 2.77. The molecule has 0 unspecified atom stereocenters. The molecular formula is C21H27Cl2N5O3S. The largest absolute Gasteiger partial charge is 0.489 e. The van der Waals surface area contributed by atoms with Crippen LogP contribution < -0.4 is 9.64 Å². The van der Waals surface area contributed by atoms with E-state index < -0.39 is 10.0 Å². The van der Waals surface area contributed by atoms with E-state index in [4.69, 9.17) is 27.9 Å². The van der Waals surface area contributed by atoms with Crippen molar-refractivity contribution in [3.63, 3.8) is 0 Å². The van der Waals surface area contributed by atoms with Gasteiger partial charge in [-0.05, 0) is 17.7 Å². The minimum Gasteiger partial charge on any atom is -0.489 e. The lowest BCUT2D eigenvalue weighted by Crippen LogP contribution is -2.47. The highest BCUT2D eigenvalue weighted by molar-refractivity contribution is 7.88. The molecule has 3 heterocycles. The molecule has 1 aromatic heterocycles. The highest BCUT2D eigenvalue weighted by atomic mass is 35.5. The van der Waals surface area contributed by atoms with Gasteiger partial charge in [-0.15, -0.1) is 0 Å². The second-order valence-corrected chi connectivity index (χ2v) is 11.0. The zero-order valence-electron chi connectivity index (χ0n) is 18.0. The summed E-state index contributed by atoms with van der Waals surface area (Å²) in [5.41, 5.74) is 1.09. The molecule has 2 fully saturated rings. The van der Waals surface area contributed by atoms with Crippen molar-refractivity contribution in [2.75, 3.05) is 50.4 Å². The number of anilines is 1. The third kappa shape index (κ3) is 6.02. The molecule has 0 amide bonds. The van der Waals surface area contributed by atoms with Gasteiger partial charge in [0.05, 0.1) is 28.7 Å². The first-order valence-electron chi connectivity index (χ1n) is 10.6. The topological polar surface area (TPSA) is 78.9 Å². The maximum Gasteiger partial charge on any atom is 0.225 e. The predicted molar refractivity (Wildman–Crippen MR) is 126 cm³/mol. The van der Waals surface area contributed by atoms with E-state index in [2.05, 4.69) is 19.8 Å². The van der Waals surface area contributed by atoms with E-state index in [0.29, 0.717) is 47.9 Å². The number of piperidine rings is 1. The number of benzene rings is 1. The zero-order valence-corrected chi connectivity index (χ0v) is 20.3. The minimum absolute atomic E-state index is 0.0889. The molecule has 0 radical (unpaired) electrons. The van der Waals surface area contributed by atoms with E-state index in [1.54, 1.807) is 12.4 Å². The van der Waals surface area contributed by atoms with Crippen molar-refractivity contribution in [3.05, 3.63) is 46.2 Å². The Kier molecular flexibility index (Phi) is 7.41. The summed E-state index contributed by atoms with van der Waals surface area (Å²) in [6.07, 6.45) is 6.28. The number of ether oxygens (including phenoxy) is 1. The summed E-state index contributed by atoms with van der Waals surface area (Å²) in [6, 6.07) is 5.90. The Morgan fingerprint density at radius 3 is 2.28 bits per heavy atom. The van der Waals surface area contributed by atoms with Crippen LogP contribution in [0.2, 0.25) is 10.0 Å². The van der Waals surface area contributed by atoms with E-state index in [1.807, 2.05) is 18.2 Å². The molecule has 2 aliphatic rings. The van der Waals surface area contributed by atoms with Gasteiger partial charge >= 0.3 is 0 Å². The first-order chi connectivity index (χ1) is 15.3. The molecule has 2 aliphatic heterocycles. The lowest BCUT2D eigenvalue weighted by molar-refractivity contribution is 0.170. The third-order valence-electron chi connectivity index (χ3n) is 5.83. The summed E-state index contributed by atoms with van der Waals surface area (Å²) in [5.74, 6) is 1.38. The fourth-order valence-electron chi connectivity index (χ4n) is 4.04. The molecule has 0 spiro atoms. The molecule has 11 heteroatoms. The molecular weight excluding hydrogens is 473 g/mol. The third-order valence-corrected chi connectivity index (χ3v) is 7.62. The Morgan fingerprint density at radius 2 is 1.69 bits per heavy atom. The zero-order chi connectivity index (χ0) is 22.7. The monoisotopic (exact) mass is 499 g/mol. The van der Waals surface area contributed by atoms with Crippen LogP contribution in [0, 0.1) is 0 Å². The lowest BCUT2D eigenvalue weighted by Gasteiger charge is -2.33. The van der Waals surface area contributed by atoms with Gasteiger partial charge in [0, 0.05) is 58.7 Å². The summed E-state index contributed by atoms with van der Waals surface area (Å²) in [4.78, 5) is 12.9.